The van der Waals surface area contributed by atoms with Gasteiger partial charge < -0.3 is 49.9 Å². The second-order valence-electron chi connectivity index (χ2n) is 13.2. The fourth-order valence-electron chi connectivity index (χ4n) is 7.54. The van der Waals surface area contributed by atoms with Gasteiger partial charge in [-0.05, 0) is 95.5 Å². The van der Waals surface area contributed by atoms with E-state index in [1.807, 2.05) is 18.2 Å². The lowest BCUT2D eigenvalue weighted by atomic mass is 9.92. The fraction of sp³-hybridized carbons (Fsp3) is 0.333. The largest absolute Gasteiger partial charge is 0.493 e. The van der Waals surface area contributed by atoms with Gasteiger partial charge in [0.25, 0.3) is 0 Å². The molecule has 0 bridgehead atoms. The second-order valence-corrected chi connectivity index (χ2v) is 13.2. The van der Waals surface area contributed by atoms with Crippen LogP contribution in [0, 0.1) is 0 Å². The van der Waals surface area contributed by atoms with Gasteiger partial charge in [0, 0.05) is 30.5 Å². The lowest BCUT2D eigenvalue weighted by Gasteiger charge is -2.21. The Morgan fingerprint density at radius 3 is 1.32 bits per heavy atom. The van der Waals surface area contributed by atoms with Crippen molar-refractivity contribution in [1.82, 2.24) is 10.6 Å². The van der Waals surface area contributed by atoms with E-state index >= 15 is 0 Å². The summed E-state index contributed by atoms with van der Waals surface area (Å²) >= 11 is 0. The van der Waals surface area contributed by atoms with Crippen LogP contribution in [-0.2, 0) is 22.4 Å². The van der Waals surface area contributed by atoms with E-state index in [1.54, 1.807) is 65.9 Å². The molecule has 0 unspecified atom stereocenters. The van der Waals surface area contributed by atoms with E-state index in [-0.39, 0.29) is 29.5 Å². The predicted octanol–water partition coefficient (Wildman–Crippen LogP) is 5.80. The van der Waals surface area contributed by atoms with Gasteiger partial charge in [-0.25, -0.2) is 4.79 Å². The summed E-state index contributed by atoms with van der Waals surface area (Å²) in [5.74, 6) is 1.30. The minimum absolute atomic E-state index is 0.145. The zero-order valence-electron chi connectivity index (χ0n) is 32.7. The number of ether oxygens (including phenoxy) is 6. The number of methoxy groups -OCH3 is 6. The molecule has 0 saturated heterocycles. The molecule has 4 aromatic carbocycles. The second kappa shape index (κ2) is 17.4. The molecule has 5 N–H and O–H groups in total. The smallest absolute Gasteiger partial charge is 0.335 e. The van der Waals surface area contributed by atoms with Gasteiger partial charge in [0.2, 0.25) is 29.2 Å². The van der Waals surface area contributed by atoms with Gasteiger partial charge in [0.15, 0.2) is 23.0 Å². The van der Waals surface area contributed by atoms with Crippen LogP contribution in [-0.4, -0.2) is 71.5 Å². The summed E-state index contributed by atoms with van der Waals surface area (Å²) < 4.78 is 33.4. The van der Waals surface area contributed by atoms with Crippen molar-refractivity contribution in [3.8, 4) is 56.8 Å². The van der Waals surface area contributed by atoms with E-state index in [1.165, 1.54) is 21.0 Å². The maximum atomic E-state index is 11.8. The summed E-state index contributed by atoms with van der Waals surface area (Å²) in [6.45, 7) is 2.92. The lowest BCUT2D eigenvalue weighted by Crippen LogP contribution is -2.26. The summed E-state index contributed by atoms with van der Waals surface area (Å²) in [7, 11) is 9.37. The van der Waals surface area contributed by atoms with Crippen molar-refractivity contribution >= 4 is 23.7 Å². The Kier molecular flexibility index (Phi) is 12.6. The maximum Gasteiger partial charge on any atom is 0.335 e. The first kappa shape index (κ1) is 40.7. The number of fused-ring (bicyclic) bond motifs is 6. The molecule has 296 valence electrons. The Balaban J connectivity index is 0.000000214. The monoisotopic (exact) mass is 769 g/mol. The normalized spacial score (nSPS) is 14.9. The average Bonchev–Trinajstić information content (AvgIpc) is 3.43. The van der Waals surface area contributed by atoms with E-state index in [9.17, 15) is 24.3 Å². The molecule has 2 atom stereocenters. The van der Waals surface area contributed by atoms with Crippen molar-refractivity contribution in [3.05, 3.63) is 81.9 Å². The minimum Gasteiger partial charge on any atom is -0.493 e. The Morgan fingerprint density at radius 1 is 0.589 bits per heavy atom. The number of carboxylic acids is 1. The highest BCUT2D eigenvalue weighted by Crippen LogP contribution is 2.52. The fourth-order valence-corrected chi connectivity index (χ4v) is 7.54. The minimum atomic E-state index is -1.02. The van der Waals surface area contributed by atoms with Crippen molar-refractivity contribution in [2.75, 3.05) is 42.7 Å². The third kappa shape index (κ3) is 7.99. The number of aryl methyl sites for hydroxylation is 2. The number of carbonyl (C=O) groups excluding carboxylic acids is 3. The van der Waals surface area contributed by atoms with E-state index in [4.69, 9.17) is 34.2 Å². The summed E-state index contributed by atoms with van der Waals surface area (Å²) in [5.41, 5.74) is 12.9. The third-order valence-electron chi connectivity index (χ3n) is 9.91. The molecule has 0 aromatic heterocycles. The molecule has 3 amide bonds. The van der Waals surface area contributed by atoms with E-state index in [0.717, 1.165) is 44.5 Å². The van der Waals surface area contributed by atoms with Crippen LogP contribution in [0.3, 0.4) is 0 Å². The molecule has 2 aliphatic carbocycles. The first-order valence-electron chi connectivity index (χ1n) is 17.8. The number of aromatic carboxylic acids is 1. The van der Waals surface area contributed by atoms with Gasteiger partial charge >= 0.3 is 5.97 Å². The van der Waals surface area contributed by atoms with Gasteiger partial charge in [-0.2, -0.15) is 0 Å². The number of carbonyl (C=O) groups is 4. The molecule has 0 radical (unpaired) electrons. The van der Waals surface area contributed by atoms with E-state index < -0.39 is 11.9 Å². The average molecular weight is 770 g/mol. The number of primary amides is 1. The van der Waals surface area contributed by atoms with E-state index in [0.29, 0.717) is 65.7 Å². The molecule has 0 heterocycles. The standard InChI is InChI=1S/C21H24N2O5.C21H23NO6/c1-11(24)23-16-8-6-12-10-17(26-2)19(27-3)20(28-4)18(12)14-7-5-13(21(22)25)9-15(14)16;1-11(23)22-16-8-6-12-10-17(26-2)19(27-3)20(28-4)18(12)14-7-5-13(21(24)25)9-15(14)16/h5,7,9-10,16H,6,8H2,1-4H3,(H2,22,25)(H,23,24);5,7,9-10,16H,6,8H2,1-4H3,(H,22,23)(H,24,25)/t2*16-/m00/s1. The zero-order chi connectivity index (χ0) is 40.8. The van der Waals surface area contributed by atoms with Gasteiger partial charge in [0.1, 0.15) is 0 Å². The van der Waals surface area contributed by atoms with Crippen molar-refractivity contribution in [2.45, 2.75) is 51.6 Å². The molecule has 14 nitrogen and oxygen atoms in total. The molecule has 2 aliphatic rings. The molecule has 0 spiro atoms. The van der Waals surface area contributed by atoms with Crippen LogP contribution < -0.4 is 44.8 Å². The van der Waals surface area contributed by atoms with E-state index in [2.05, 4.69) is 10.6 Å². The number of hydrogen-bond acceptors (Lipinski definition) is 10. The summed E-state index contributed by atoms with van der Waals surface area (Å²) in [4.78, 5) is 46.8. The first-order chi connectivity index (χ1) is 26.8. The summed E-state index contributed by atoms with van der Waals surface area (Å²) in [6.07, 6.45) is 2.59. The first-order valence-corrected chi connectivity index (χ1v) is 17.8. The van der Waals surface area contributed by atoms with Crippen LogP contribution >= 0.6 is 0 Å². The van der Waals surface area contributed by atoms with Crippen LogP contribution in [0.15, 0.2) is 48.5 Å². The summed E-state index contributed by atoms with van der Waals surface area (Å²) in [6, 6.07) is 13.4. The predicted molar refractivity (Wildman–Crippen MR) is 208 cm³/mol. The number of carboxylic acid groups (broad SMARTS) is 1. The van der Waals surface area contributed by atoms with Crippen LogP contribution in [0.5, 0.6) is 34.5 Å². The highest BCUT2D eigenvalue weighted by molar-refractivity contribution is 5.95. The van der Waals surface area contributed by atoms with Crippen molar-refractivity contribution in [2.24, 2.45) is 5.73 Å². The molecule has 56 heavy (non-hydrogen) atoms. The van der Waals surface area contributed by atoms with Crippen molar-refractivity contribution in [1.29, 1.82) is 0 Å². The van der Waals surface area contributed by atoms with Crippen LogP contribution in [0.1, 0.15) is 81.7 Å². The number of nitrogens with two attached hydrogens (primary N) is 1. The molecule has 0 saturated carbocycles. The van der Waals surface area contributed by atoms with Gasteiger partial charge in [0.05, 0.1) is 60.3 Å². The topological polar surface area (TPSA) is 194 Å². The molecule has 14 heteroatoms. The van der Waals surface area contributed by atoms with Crippen molar-refractivity contribution in [3.63, 3.8) is 0 Å². The number of benzene rings is 4. The quantitative estimate of drug-likeness (QED) is 0.152. The SMILES string of the molecule is COc1cc2c(c(OC)c1OC)-c1ccc(C(=O)O)cc1[C@@H](NC(C)=O)CC2.COc1cc2c(c(OC)c1OC)-c1ccc(C(N)=O)cc1[C@@H](NC(C)=O)CC2. The van der Waals surface area contributed by atoms with Gasteiger partial charge in [-0.3, -0.25) is 14.4 Å². The van der Waals surface area contributed by atoms with Crippen LogP contribution in [0.2, 0.25) is 0 Å². The Hall–Kier alpha value is -6.44. The Bertz CT molecular complexity index is 2030. The third-order valence-corrected chi connectivity index (χ3v) is 9.91. The van der Waals surface area contributed by atoms with Gasteiger partial charge in [-0.15, -0.1) is 0 Å². The lowest BCUT2D eigenvalue weighted by molar-refractivity contribution is -0.120. The van der Waals surface area contributed by atoms with Crippen LogP contribution in [0.25, 0.3) is 22.3 Å². The number of hydrogen-bond donors (Lipinski definition) is 4. The Morgan fingerprint density at radius 2 is 0.982 bits per heavy atom. The molecule has 0 aliphatic heterocycles. The highest BCUT2D eigenvalue weighted by atomic mass is 16.5. The zero-order valence-corrected chi connectivity index (χ0v) is 32.7. The maximum absolute atomic E-state index is 11.8. The summed E-state index contributed by atoms with van der Waals surface area (Å²) in [5, 5.41) is 15.3. The Labute approximate surface area is 325 Å². The number of nitrogens with one attached hydrogen (secondary N) is 2. The van der Waals surface area contributed by atoms with Crippen LogP contribution in [0.4, 0.5) is 0 Å². The van der Waals surface area contributed by atoms with Gasteiger partial charge in [-0.1, -0.05) is 12.1 Å². The highest BCUT2D eigenvalue weighted by Gasteiger charge is 2.31. The number of rotatable bonds is 10. The molecule has 4 aromatic rings. The van der Waals surface area contributed by atoms with Crippen molar-refractivity contribution < 1.29 is 52.7 Å². The molecular formula is C42H47N3O11. The molecule has 0 fully saturated rings. The molecular weight excluding hydrogens is 722 g/mol. The molecule has 6 rings (SSSR count). The number of amides is 3.